The molecule has 0 aromatic heterocycles. The summed E-state index contributed by atoms with van der Waals surface area (Å²) < 4.78 is 21.4. The molecule has 2 aromatic carbocycles. The lowest BCUT2D eigenvalue weighted by atomic mass is 10.1. The van der Waals surface area contributed by atoms with Gasteiger partial charge in [0, 0.05) is 16.1 Å². The number of nitrogens with zero attached hydrogens (tertiary/aromatic N) is 1. The highest BCUT2D eigenvalue weighted by atomic mass is 35.5. The molecule has 144 valence electrons. The average molecular weight is 400 g/mol. The SMILES string of the molecule is CCOc1ccc(/C=C(\C#N)C(=O)OCc2cc(Cl)cc3c2OCOC3)cc1. The fraction of sp³-hybridized carbons (Fsp3) is 0.238. The number of esters is 1. The first-order valence-corrected chi connectivity index (χ1v) is 9.02. The molecule has 0 saturated carbocycles. The van der Waals surface area contributed by atoms with Crippen molar-refractivity contribution in [2.45, 2.75) is 20.1 Å². The van der Waals surface area contributed by atoms with Gasteiger partial charge in [-0.15, -0.1) is 0 Å². The number of rotatable bonds is 6. The van der Waals surface area contributed by atoms with E-state index in [-0.39, 0.29) is 19.0 Å². The van der Waals surface area contributed by atoms with Crippen LogP contribution >= 0.6 is 11.6 Å². The highest BCUT2D eigenvalue weighted by Crippen LogP contribution is 2.32. The molecule has 2 aromatic rings. The number of hydrogen-bond donors (Lipinski definition) is 0. The van der Waals surface area contributed by atoms with E-state index in [2.05, 4.69) is 0 Å². The molecule has 28 heavy (non-hydrogen) atoms. The standard InChI is InChI=1S/C21H18ClNO5/c1-2-26-19-5-3-14(4-6-19)7-15(10-23)21(24)27-12-17-9-18(22)8-16-11-25-13-28-20(16)17/h3-9H,2,11-13H2,1H3/b15-7+. The van der Waals surface area contributed by atoms with Crippen LogP contribution in [0.25, 0.3) is 6.08 Å². The van der Waals surface area contributed by atoms with Crippen LogP contribution in [0.15, 0.2) is 42.0 Å². The molecule has 0 radical (unpaired) electrons. The largest absolute Gasteiger partial charge is 0.494 e. The van der Waals surface area contributed by atoms with Gasteiger partial charge in [-0.3, -0.25) is 0 Å². The Hall–Kier alpha value is -3.01. The first-order chi connectivity index (χ1) is 13.6. The van der Waals surface area contributed by atoms with E-state index in [4.69, 9.17) is 30.5 Å². The Labute approximate surface area is 167 Å². The van der Waals surface area contributed by atoms with Crippen LogP contribution in [0, 0.1) is 11.3 Å². The third kappa shape index (κ3) is 4.83. The summed E-state index contributed by atoms with van der Waals surface area (Å²) in [5.74, 6) is 0.588. The van der Waals surface area contributed by atoms with Crippen molar-refractivity contribution in [1.82, 2.24) is 0 Å². The molecule has 6 nitrogen and oxygen atoms in total. The molecule has 7 heteroatoms. The van der Waals surface area contributed by atoms with E-state index < -0.39 is 5.97 Å². The van der Waals surface area contributed by atoms with Gasteiger partial charge in [0.25, 0.3) is 0 Å². The molecule has 0 spiro atoms. The fourth-order valence-electron chi connectivity index (χ4n) is 2.72. The third-order valence-electron chi connectivity index (χ3n) is 3.95. The first-order valence-electron chi connectivity index (χ1n) is 8.64. The van der Waals surface area contributed by atoms with E-state index in [1.165, 1.54) is 6.08 Å². The van der Waals surface area contributed by atoms with Crippen LogP contribution in [0.1, 0.15) is 23.6 Å². The van der Waals surface area contributed by atoms with Crippen LogP contribution in [-0.2, 0) is 27.5 Å². The van der Waals surface area contributed by atoms with Gasteiger partial charge in [-0.25, -0.2) is 4.79 Å². The molecular weight excluding hydrogens is 382 g/mol. The van der Waals surface area contributed by atoms with E-state index in [9.17, 15) is 10.1 Å². The lowest BCUT2D eigenvalue weighted by molar-refractivity contribution is -0.139. The Bertz CT molecular complexity index is 931. The average Bonchev–Trinajstić information content (AvgIpc) is 2.71. The molecule has 0 unspecified atom stereocenters. The van der Waals surface area contributed by atoms with E-state index in [1.54, 1.807) is 36.4 Å². The van der Waals surface area contributed by atoms with Gasteiger partial charge in [-0.1, -0.05) is 23.7 Å². The second-order valence-corrected chi connectivity index (χ2v) is 6.35. The van der Waals surface area contributed by atoms with Gasteiger partial charge in [-0.05, 0) is 42.8 Å². The molecule has 0 N–H and O–H groups in total. The molecule has 1 aliphatic heterocycles. The van der Waals surface area contributed by atoms with Crippen molar-refractivity contribution in [3.05, 3.63) is 63.7 Å². The van der Waals surface area contributed by atoms with Crippen molar-refractivity contribution in [3.8, 4) is 17.6 Å². The maximum Gasteiger partial charge on any atom is 0.349 e. The van der Waals surface area contributed by atoms with Crippen LogP contribution in [-0.4, -0.2) is 19.4 Å². The first kappa shape index (κ1) is 19.7. The van der Waals surface area contributed by atoms with Crippen molar-refractivity contribution >= 4 is 23.6 Å². The highest BCUT2D eigenvalue weighted by molar-refractivity contribution is 6.30. The maximum absolute atomic E-state index is 12.3. The van der Waals surface area contributed by atoms with Gasteiger partial charge in [0.05, 0.1) is 13.2 Å². The van der Waals surface area contributed by atoms with Crippen molar-refractivity contribution in [2.75, 3.05) is 13.4 Å². The van der Waals surface area contributed by atoms with E-state index in [0.29, 0.717) is 35.1 Å². The van der Waals surface area contributed by atoms with Crippen LogP contribution in [0.5, 0.6) is 11.5 Å². The normalized spacial score (nSPS) is 13.1. The molecule has 0 atom stereocenters. The number of ether oxygens (including phenoxy) is 4. The number of halogens is 1. The minimum absolute atomic E-state index is 0.0655. The van der Waals surface area contributed by atoms with Gasteiger partial charge in [0.1, 0.15) is 29.7 Å². The molecule has 0 saturated heterocycles. The van der Waals surface area contributed by atoms with E-state index in [1.807, 2.05) is 13.0 Å². The van der Waals surface area contributed by atoms with Crippen LogP contribution < -0.4 is 9.47 Å². The minimum atomic E-state index is -0.725. The maximum atomic E-state index is 12.3. The number of nitriles is 1. The summed E-state index contributed by atoms with van der Waals surface area (Å²) >= 11 is 6.10. The zero-order valence-electron chi connectivity index (χ0n) is 15.2. The number of hydrogen-bond acceptors (Lipinski definition) is 6. The van der Waals surface area contributed by atoms with Gasteiger partial charge < -0.3 is 18.9 Å². The van der Waals surface area contributed by atoms with E-state index in [0.717, 1.165) is 11.3 Å². The summed E-state index contributed by atoms with van der Waals surface area (Å²) in [6.45, 7) is 2.89. The fourth-order valence-corrected chi connectivity index (χ4v) is 2.98. The number of carbonyl (C=O) groups is 1. The number of fused-ring (bicyclic) bond motifs is 1. The summed E-state index contributed by atoms with van der Waals surface area (Å²) in [6, 6.07) is 12.4. The molecule has 3 rings (SSSR count). The summed E-state index contributed by atoms with van der Waals surface area (Å²) in [6.07, 6.45) is 1.47. The Morgan fingerprint density at radius 3 is 2.82 bits per heavy atom. The van der Waals surface area contributed by atoms with Gasteiger partial charge in [-0.2, -0.15) is 5.26 Å². The molecule has 1 aliphatic rings. The summed E-state index contributed by atoms with van der Waals surface area (Å²) in [5.41, 5.74) is 2.00. The van der Waals surface area contributed by atoms with Crippen LogP contribution in [0.2, 0.25) is 5.02 Å². The van der Waals surface area contributed by atoms with Gasteiger partial charge >= 0.3 is 5.97 Å². The highest BCUT2D eigenvalue weighted by Gasteiger charge is 2.18. The van der Waals surface area contributed by atoms with Crippen molar-refractivity contribution < 1.29 is 23.7 Å². The molecule has 0 bridgehead atoms. The third-order valence-corrected chi connectivity index (χ3v) is 4.17. The molecule has 1 heterocycles. The Morgan fingerprint density at radius 1 is 1.32 bits per heavy atom. The molecular formula is C21H18ClNO5. The van der Waals surface area contributed by atoms with E-state index >= 15 is 0 Å². The lowest BCUT2D eigenvalue weighted by Crippen LogP contribution is -2.14. The topological polar surface area (TPSA) is 77.8 Å². The quantitative estimate of drug-likeness (QED) is 0.410. The molecule has 0 amide bonds. The zero-order valence-corrected chi connectivity index (χ0v) is 16.0. The summed E-state index contributed by atoms with van der Waals surface area (Å²) in [4.78, 5) is 12.3. The van der Waals surface area contributed by atoms with Crippen molar-refractivity contribution in [3.63, 3.8) is 0 Å². The smallest absolute Gasteiger partial charge is 0.349 e. The minimum Gasteiger partial charge on any atom is -0.494 e. The van der Waals surface area contributed by atoms with Crippen molar-refractivity contribution in [1.29, 1.82) is 5.26 Å². The van der Waals surface area contributed by atoms with Crippen molar-refractivity contribution in [2.24, 2.45) is 0 Å². The number of benzene rings is 2. The second-order valence-electron chi connectivity index (χ2n) is 5.91. The van der Waals surface area contributed by atoms with Gasteiger partial charge in [0.15, 0.2) is 6.79 Å². The zero-order chi connectivity index (χ0) is 19.9. The summed E-state index contributed by atoms with van der Waals surface area (Å²) in [5, 5.41) is 9.81. The second kappa shape index (κ2) is 9.27. The van der Waals surface area contributed by atoms with Gasteiger partial charge in [0.2, 0.25) is 0 Å². The summed E-state index contributed by atoms with van der Waals surface area (Å²) in [7, 11) is 0. The Kier molecular flexibility index (Phi) is 6.53. The molecule has 0 fully saturated rings. The predicted octanol–water partition coefficient (Wildman–Crippen LogP) is 4.26. The van der Waals surface area contributed by atoms with Crippen LogP contribution in [0.4, 0.5) is 0 Å². The number of carbonyl (C=O) groups excluding carboxylic acids is 1. The predicted molar refractivity (Wildman–Crippen MR) is 103 cm³/mol. The van der Waals surface area contributed by atoms with Crippen LogP contribution in [0.3, 0.4) is 0 Å². The monoisotopic (exact) mass is 399 g/mol. The Balaban J connectivity index is 1.71. The molecule has 0 aliphatic carbocycles. The lowest BCUT2D eigenvalue weighted by Gasteiger charge is -2.21. The Morgan fingerprint density at radius 2 is 2.11 bits per heavy atom.